The number of hydrogen-bond acceptors (Lipinski definition) is 6. The van der Waals surface area contributed by atoms with Crippen LogP contribution in [0.25, 0.3) is 0 Å². The van der Waals surface area contributed by atoms with Crippen LogP contribution in [0.2, 0.25) is 0 Å². The summed E-state index contributed by atoms with van der Waals surface area (Å²) in [5.41, 5.74) is 4.70. The molecule has 2 rings (SSSR count). The minimum Gasteiger partial charge on any atom is -0.497 e. The molecule has 0 saturated heterocycles. The van der Waals surface area contributed by atoms with Gasteiger partial charge in [-0.25, -0.2) is 5.43 Å². The predicted molar refractivity (Wildman–Crippen MR) is 110 cm³/mol. The molecule has 154 valence electrons. The molecule has 0 unspecified atom stereocenters. The van der Waals surface area contributed by atoms with E-state index in [9.17, 15) is 9.59 Å². The van der Waals surface area contributed by atoms with Crippen molar-refractivity contribution >= 4 is 17.5 Å². The maximum atomic E-state index is 11.9. The van der Waals surface area contributed by atoms with Crippen LogP contribution in [0.3, 0.4) is 0 Å². The Bertz CT molecular complexity index is 896. The zero-order valence-electron chi connectivity index (χ0n) is 16.9. The second-order valence-electron chi connectivity index (χ2n) is 6.18. The summed E-state index contributed by atoms with van der Waals surface area (Å²) in [6, 6.07) is 12.6. The van der Waals surface area contributed by atoms with Crippen LogP contribution in [-0.4, -0.2) is 44.9 Å². The van der Waals surface area contributed by atoms with Crippen molar-refractivity contribution in [1.29, 1.82) is 0 Å². The molecule has 2 aromatic rings. The fraction of sp³-hybridized carbons (Fsp3) is 0.286. The normalized spacial score (nSPS) is 10.8. The summed E-state index contributed by atoms with van der Waals surface area (Å²) in [5, 5.41) is 6.54. The average Bonchev–Trinajstić information content (AvgIpc) is 2.74. The van der Waals surface area contributed by atoms with E-state index in [4.69, 9.17) is 14.2 Å². The summed E-state index contributed by atoms with van der Waals surface area (Å²) < 4.78 is 15.9. The summed E-state index contributed by atoms with van der Waals surface area (Å²) >= 11 is 0. The average molecular weight is 399 g/mol. The second-order valence-corrected chi connectivity index (χ2v) is 6.18. The summed E-state index contributed by atoms with van der Waals surface area (Å²) in [6.45, 7) is 3.27. The zero-order valence-corrected chi connectivity index (χ0v) is 16.9. The number of rotatable bonds is 9. The van der Waals surface area contributed by atoms with E-state index in [1.807, 2.05) is 25.1 Å². The Morgan fingerprint density at radius 2 is 1.79 bits per heavy atom. The van der Waals surface area contributed by atoms with Crippen LogP contribution in [0, 0.1) is 6.92 Å². The highest BCUT2D eigenvalue weighted by Gasteiger charge is 2.10. The highest BCUT2D eigenvalue weighted by Crippen LogP contribution is 2.25. The van der Waals surface area contributed by atoms with E-state index in [0.29, 0.717) is 28.5 Å². The Kier molecular flexibility index (Phi) is 8.02. The smallest absolute Gasteiger partial charge is 0.259 e. The SMILES string of the molecule is COc1ccc(C(C)=NNC(=O)CNC(=O)COc2cccc(C)c2)c(OC)c1. The molecule has 0 aliphatic rings. The lowest BCUT2D eigenvalue weighted by molar-refractivity contribution is -0.127. The monoisotopic (exact) mass is 399 g/mol. The van der Waals surface area contributed by atoms with Gasteiger partial charge in [0.25, 0.3) is 11.8 Å². The number of amides is 2. The first-order valence-electron chi connectivity index (χ1n) is 8.94. The van der Waals surface area contributed by atoms with Gasteiger partial charge in [0.1, 0.15) is 17.2 Å². The lowest BCUT2D eigenvalue weighted by Gasteiger charge is -2.10. The Hall–Kier alpha value is -3.55. The molecule has 0 saturated carbocycles. The molecule has 0 radical (unpaired) electrons. The molecule has 0 spiro atoms. The zero-order chi connectivity index (χ0) is 21.2. The quantitative estimate of drug-likeness (QED) is 0.497. The number of carbonyl (C=O) groups excluding carboxylic acids is 2. The third-order valence-corrected chi connectivity index (χ3v) is 3.95. The Labute approximate surface area is 169 Å². The number of nitrogens with zero attached hydrogens (tertiary/aromatic N) is 1. The third kappa shape index (κ3) is 6.84. The minimum absolute atomic E-state index is 0.178. The molecule has 0 atom stereocenters. The number of methoxy groups -OCH3 is 2. The molecule has 29 heavy (non-hydrogen) atoms. The molecule has 0 aromatic heterocycles. The van der Waals surface area contributed by atoms with Crippen molar-refractivity contribution in [3.05, 3.63) is 53.6 Å². The van der Waals surface area contributed by atoms with Gasteiger partial charge in [-0.2, -0.15) is 5.10 Å². The van der Waals surface area contributed by atoms with E-state index in [1.54, 1.807) is 45.4 Å². The van der Waals surface area contributed by atoms with Gasteiger partial charge in [0.05, 0.1) is 26.5 Å². The molecular weight excluding hydrogens is 374 g/mol. The van der Waals surface area contributed by atoms with Crippen LogP contribution < -0.4 is 25.0 Å². The van der Waals surface area contributed by atoms with Gasteiger partial charge in [-0.05, 0) is 43.7 Å². The molecule has 0 bridgehead atoms. The van der Waals surface area contributed by atoms with Gasteiger partial charge in [-0.15, -0.1) is 0 Å². The van der Waals surface area contributed by atoms with Crippen LogP contribution in [0.4, 0.5) is 0 Å². The largest absolute Gasteiger partial charge is 0.497 e. The molecule has 0 heterocycles. The van der Waals surface area contributed by atoms with Gasteiger partial charge in [0.15, 0.2) is 6.61 Å². The molecule has 8 heteroatoms. The number of ether oxygens (including phenoxy) is 3. The summed E-state index contributed by atoms with van der Waals surface area (Å²) in [5.74, 6) is 0.956. The topological polar surface area (TPSA) is 98.2 Å². The van der Waals surface area contributed by atoms with Gasteiger partial charge in [-0.1, -0.05) is 12.1 Å². The molecule has 0 fully saturated rings. The molecule has 2 amide bonds. The fourth-order valence-corrected chi connectivity index (χ4v) is 2.43. The van der Waals surface area contributed by atoms with Crippen molar-refractivity contribution in [1.82, 2.24) is 10.7 Å². The summed E-state index contributed by atoms with van der Waals surface area (Å²) in [6.07, 6.45) is 0. The van der Waals surface area contributed by atoms with Gasteiger partial charge >= 0.3 is 0 Å². The van der Waals surface area contributed by atoms with Gasteiger partial charge in [0, 0.05) is 11.6 Å². The Morgan fingerprint density at radius 1 is 1.00 bits per heavy atom. The maximum absolute atomic E-state index is 11.9. The van der Waals surface area contributed by atoms with Gasteiger partial charge in [0.2, 0.25) is 0 Å². The van der Waals surface area contributed by atoms with Crippen molar-refractivity contribution in [3.63, 3.8) is 0 Å². The lowest BCUT2D eigenvalue weighted by Crippen LogP contribution is -2.37. The van der Waals surface area contributed by atoms with E-state index in [2.05, 4.69) is 15.8 Å². The maximum Gasteiger partial charge on any atom is 0.259 e. The van der Waals surface area contributed by atoms with E-state index in [0.717, 1.165) is 5.56 Å². The van der Waals surface area contributed by atoms with Crippen LogP contribution in [0.5, 0.6) is 17.2 Å². The Balaban J connectivity index is 1.82. The molecule has 2 N–H and O–H groups in total. The first-order chi connectivity index (χ1) is 13.9. The minimum atomic E-state index is -0.458. The van der Waals surface area contributed by atoms with Crippen molar-refractivity contribution in [2.75, 3.05) is 27.4 Å². The van der Waals surface area contributed by atoms with Crippen LogP contribution in [-0.2, 0) is 9.59 Å². The molecule has 8 nitrogen and oxygen atoms in total. The number of benzene rings is 2. The second kappa shape index (κ2) is 10.7. The predicted octanol–water partition coefficient (Wildman–Crippen LogP) is 2.05. The van der Waals surface area contributed by atoms with Crippen LogP contribution in [0.1, 0.15) is 18.1 Å². The summed E-state index contributed by atoms with van der Waals surface area (Å²) in [7, 11) is 3.11. The lowest BCUT2D eigenvalue weighted by atomic mass is 10.1. The van der Waals surface area contributed by atoms with Crippen molar-refractivity contribution in [3.8, 4) is 17.2 Å². The van der Waals surface area contributed by atoms with Crippen molar-refractivity contribution in [2.24, 2.45) is 5.10 Å². The number of hydrazone groups is 1. The highest BCUT2D eigenvalue weighted by atomic mass is 16.5. The van der Waals surface area contributed by atoms with Gasteiger partial charge < -0.3 is 19.5 Å². The molecule has 0 aliphatic carbocycles. The highest BCUT2D eigenvalue weighted by molar-refractivity contribution is 6.01. The first-order valence-corrected chi connectivity index (χ1v) is 8.94. The third-order valence-electron chi connectivity index (χ3n) is 3.95. The van der Waals surface area contributed by atoms with Crippen LogP contribution >= 0.6 is 0 Å². The molecule has 0 aliphatic heterocycles. The Morgan fingerprint density at radius 3 is 2.48 bits per heavy atom. The van der Waals surface area contributed by atoms with E-state index in [-0.39, 0.29) is 13.2 Å². The van der Waals surface area contributed by atoms with Gasteiger partial charge in [-0.3, -0.25) is 9.59 Å². The molecule has 2 aromatic carbocycles. The molecular formula is C21H25N3O5. The van der Waals surface area contributed by atoms with E-state index >= 15 is 0 Å². The van der Waals surface area contributed by atoms with Crippen molar-refractivity contribution < 1.29 is 23.8 Å². The number of hydrogen-bond donors (Lipinski definition) is 2. The first kappa shape index (κ1) is 21.7. The van der Waals surface area contributed by atoms with Crippen LogP contribution in [0.15, 0.2) is 47.6 Å². The standard InChI is InChI=1S/C21H25N3O5/c1-14-6-5-7-17(10-14)29-13-21(26)22-12-20(25)24-23-15(2)18-9-8-16(27-3)11-19(18)28-4/h5-11H,12-13H2,1-4H3,(H,22,26)(H,24,25). The van der Waals surface area contributed by atoms with E-state index in [1.165, 1.54) is 0 Å². The number of aryl methyl sites for hydroxylation is 1. The number of nitrogens with one attached hydrogen (secondary N) is 2. The van der Waals surface area contributed by atoms with E-state index < -0.39 is 11.8 Å². The fourth-order valence-electron chi connectivity index (χ4n) is 2.43. The summed E-state index contributed by atoms with van der Waals surface area (Å²) in [4.78, 5) is 23.8. The number of carbonyl (C=O) groups is 2. The van der Waals surface area contributed by atoms with Crippen molar-refractivity contribution in [2.45, 2.75) is 13.8 Å².